The van der Waals surface area contributed by atoms with Crippen LogP contribution in [0.3, 0.4) is 0 Å². The third-order valence-electron chi connectivity index (χ3n) is 4.14. The fourth-order valence-electron chi connectivity index (χ4n) is 3.05. The molecule has 1 atom stereocenters. The lowest BCUT2D eigenvalue weighted by Crippen LogP contribution is -2.55. The molecule has 1 unspecified atom stereocenters. The van der Waals surface area contributed by atoms with Crippen molar-refractivity contribution in [3.63, 3.8) is 0 Å². The molecule has 0 heterocycles. The van der Waals surface area contributed by atoms with Gasteiger partial charge in [-0.2, -0.15) is 0 Å². The molecule has 0 bridgehead atoms. The van der Waals surface area contributed by atoms with E-state index in [9.17, 15) is 9.59 Å². The van der Waals surface area contributed by atoms with Crippen molar-refractivity contribution in [1.29, 1.82) is 0 Å². The van der Waals surface area contributed by atoms with E-state index in [1.165, 1.54) is 0 Å². The van der Waals surface area contributed by atoms with Gasteiger partial charge >= 0.3 is 12.0 Å². The van der Waals surface area contributed by atoms with Gasteiger partial charge in [-0.3, -0.25) is 4.79 Å². The Kier molecular flexibility index (Phi) is 6.82. The maximum Gasteiger partial charge on any atom is 0.315 e. The van der Waals surface area contributed by atoms with Gasteiger partial charge in [0.15, 0.2) is 0 Å². The van der Waals surface area contributed by atoms with Gasteiger partial charge in [-0.1, -0.05) is 39.5 Å². The minimum absolute atomic E-state index is 0.0188. The number of hydrogen-bond acceptors (Lipinski definition) is 2. The molecule has 2 amide bonds. The van der Waals surface area contributed by atoms with Crippen LogP contribution in [0.15, 0.2) is 0 Å². The van der Waals surface area contributed by atoms with Gasteiger partial charge in [-0.25, -0.2) is 4.79 Å². The molecule has 5 nitrogen and oxygen atoms in total. The van der Waals surface area contributed by atoms with E-state index in [4.69, 9.17) is 5.11 Å². The fraction of sp³-hybridized carbons (Fsp3) is 0.867. The first-order valence-electron chi connectivity index (χ1n) is 7.82. The van der Waals surface area contributed by atoms with Crippen LogP contribution in [0.5, 0.6) is 0 Å². The summed E-state index contributed by atoms with van der Waals surface area (Å²) in [4.78, 5) is 23.2. The number of carboxylic acids is 1. The van der Waals surface area contributed by atoms with Crippen molar-refractivity contribution >= 4 is 12.0 Å². The maximum atomic E-state index is 12.1. The third-order valence-corrected chi connectivity index (χ3v) is 4.14. The van der Waals surface area contributed by atoms with E-state index in [0.717, 1.165) is 51.4 Å². The van der Waals surface area contributed by atoms with Crippen molar-refractivity contribution < 1.29 is 14.7 Å². The highest BCUT2D eigenvalue weighted by atomic mass is 16.4. The summed E-state index contributed by atoms with van der Waals surface area (Å²) in [6, 6.07) is -0.0427. The first-order chi connectivity index (χ1) is 9.51. The molecular formula is C15H28N2O3. The second-order valence-corrected chi connectivity index (χ2v) is 5.90. The Hall–Kier alpha value is -1.26. The summed E-state index contributed by atoms with van der Waals surface area (Å²) < 4.78 is 0. The summed E-state index contributed by atoms with van der Waals surface area (Å²) in [5.41, 5.74) is -0.557. The number of carbonyl (C=O) groups is 2. The monoisotopic (exact) mass is 284 g/mol. The Morgan fingerprint density at radius 2 is 1.85 bits per heavy atom. The van der Waals surface area contributed by atoms with Crippen molar-refractivity contribution in [2.75, 3.05) is 0 Å². The number of aliphatic carboxylic acids is 1. The van der Waals surface area contributed by atoms with E-state index in [1.54, 1.807) is 0 Å². The van der Waals surface area contributed by atoms with Crippen LogP contribution in [0.25, 0.3) is 0 Å². The first kappa shape index (κ1) is 16.8. The zero-order valence-corrected chi connectivity index (χ0v) is 12.7. The van der Waals surface area contributed by atoms with Crippen molar-refractivity contribution in [3.8, 4) is 0 Å². The number of urea groups is 1. The zero-order valence-electron chi connectivity index (χ0n) is 12.7. The van der Waals surface area contributed by atoms with Crippen LogP contribution in [-0.2, 0) is 4.79 Å². The van der Waals surface area contributed by atoms with E-state index in [-0.39, 0.29) is 18.5 Å². The molecule has 0 radical (unpaired) electrons. The molecule has 1 fully saturated rings. The number of carboxylic acid groups (broad SMARTS) is 1. The molecule has 1 aliphatic rings. The van der Waals surface area contributed by atoms with Gasteiger partial charge in [0.2, 0.25) is 0 Å². The molecule has 1 saturated carbocycles. The number of rotatable bonds is 7. The molecule has 0 aliphatic heterocycles. The van der Waals surface area contributed by atoms with Crippen LogP contribution in [0.2, 0.25) is 0 Å². The molecular weight excluding hydrogens is 256 g/mol. The predicted octanol–water partition coefficient (Wildman–Crippen LogP) is 3.04. The van der Waals surface area contributed by atoms with Crippen molar-refractivity contribution in [2.45, 2.75) is 83.2 Å². The molecule has 0 aromatic heterocycles. The fourth-order valence-corrected chi connectivity index (χ4v) is 3.05. The average Bonchev–Trinajstić information content (AvgIpc) is 2.37. The van der Waals surface area contributed by atoms with Crippen LogP contribution >= 0.6 is 0 Å². The van der Waals surface area contributed by atoms with E-state index >= 15 is 0 Å². The predicted molar refractivity (Wildman–Crippen MR) is 78.7 cm³/mol. The van der Waals surface area contributed by atoms with E-state index in [2.05, 4.69) is 17.6 Å². The van der Waals surface area contributed by atoms with Crippen LogP contribution in [-0.4, -0.2) is 28.7 Å². The molecule has 1 rings (SSSR count). The highest BCUT2D eigenvalue weighted by Gasteiger charge is 2.36. The lowest BCUT2D eigenvalue weighted by molar-refractivity contribution is -0.139. The summed E-state index contributed by atoms with van der Waals surface area (Å²) >= 11 is 0. The zero-order chi connectivity index (χ0) is 15.0. The van der Waals surface area contributed by atoms with Crippen molar-refractivity contribution in [1.82, 2.24) is 10.6 Å². The van der Waals surface area contributed by atoms with Crippen LogP contribution in [0.4, 0.5) is 4.79 Å². The van der Waals surface area contributed by atoms with Gasteiger partial charge in [0.1, 0.15) is 0 Å². The van der Waals surface area contributed by atoms with Crippen LogP contribution < -0.4 is 10.6 Å². The topological polar surface area (TPSA) is 78.4 Å². The highest BCUT2D eigenvalue weighted by Crippen LogP contribution is 2.31. The number of amides is 2. The van der Waals surface area contributed by atoms with Crippen LogP contribution in [0.1, 0.15) is 71.6 Å². The standard InChI is InChI=1S/C15H28N2O3/c1-3-8-12(4-2)16-14(20)17-15(11-13(18)19)9-6-5-7-10-15/h12H,3-11H2,1-2H3,(H,18,19)(H2,16,17,20). The molecule has 0 aromatic carbocycles. The molecule has 0 aromatic rings. The van der Waals surface area contributed by atoms with Crippen LogP contribution in [0, 0.1) is 0 Å². The Morgan fingerprint density at radius 3 is 2.35 bits per heavy atom. The minimum atomic E-state index is -0.840. The highest BCUT2D eigenvalue weighted by molar-refractivity contribution is 5.77. The third kappa shape index (κ3) is 5.39. The summed E-state index contributed by atoms with van der Waals surface area (Å²) in [5, 5.41) is 15.0. The Bertz CT molecular complexity index is 325. The summed E-state index contributed by atoms with van der Waals surface area (Å²) in [5.74, 6) is -0.840. The van der Waals surface area contributed by atoms with Crippen molar-refractivity contribution in [3.05, 3.63) is 0 Å². The lowest BCUT2D eigenvalue weighted by Gasteiger charge is -2.37. The number of carbonyl (C=O) groups excluding carboxylic acids is 1. The molecule has 0 saturated heterocycles. The van der Waals surface area contributed by atoms with Gasteiger partial charge in [-0.05, 0) is 25.7 Å². The van der Waals surface area contributed by atoms with Gasteiger partial charge in [0, 0.05) is 6.04 Å². The second-order valence-electron chi connectivity index (χ2n) is 5.90. The largest absolute Gasteiger partial charge is 0.481 e. The summed E-state index contributed by atoms with van der Waals surface area (Å²) in [7, 11) is 0. The van der Waals surface area contributed by atoms with E-state index < -0.39 is 11.5 Å². The van der Waals surface area contributed by atoms with E-state index in [1.807, 2.05) is 6.92 Å². The smallest absolute Gasteiger partial charge is 0.315 e. The molecule has 20 heavy (non-hydrogen) atoms. The summed E-state index contributed by atoms with van der Waals surface area (Å²) in [6.07, 6.45) is 7.51. The van der Waals surface area contributed by atoms with Crippen molar-refractivity contribution in [2.24, 2.45) is 0 Å². The van der Waals surface area contributed by atoms with Gasteiger partial charge in [0.05, 0.1) is 12.0 Å². The minimum Gasteiger partial charge on any atom is -0.481 e. The molecule has 116 valence electrons. The Labute approximate surface area is 121 Å². The molecule has 3 N–H and O–H groups in total. The molecule has 1 aliphatic carbocycles. The normalized spacial score (nSPS) is 19.1. The van der Waals surface area contributed by atoms with E-state index in [0.29, 0.717) is 0 Å². The number of nitrogens with one attached hydrogen (secondary N) is 2. The quantitative estimate of drug-likeness (QED) is 0.672. The first-order valence-corrected chi connectivity index (χ1v) is 7.82. The number of hydrogen-bond donors (Lipinski definition) is 3. The molecule has 5 heteroatoms. The average molecular weight is 284 g/mol. The Morgan fingerprint density at radius 1 is 1.20 bits per heavy atom. The van der Waals surface area contributed by atoms with Gasteiger partial charge in [-0.15, -0.1) is 0 Å². The lowest BCUT2D eigenvalue weighted by atomic mass is 9.79. The Balaban J connectivity index is 2.59. The SMILES string of the molecule is CCCC(CC)NC(=O)NC1(CC(=O)O)CCCCC1. The maximum absolute atomic E-state index is 12.1. The second kappa shape index (κ2) is 8.12. The van der Waals surface area contributed by atoms with Gasteiger partial charge in [0.25, 0.3) is 0 Å². The molecule has 0 spiro atoms. The van der Waals surface area contributed by atoms with Gasteiger partial charge < -0.3 is 15.7 Å². The summed E-state index contributed by atoms with van der Waals surface area (Å²) in [6.45, 7) is 4.14.